The molecule has 0 aliphatic carbocycles. The van der Waals surface area contributed by atoms with Crippen LogP contribution >= 0.6 is 23.5 Å². The third kappa shape index (κ3) is 4.62. The number of nitrogens with one attached hydrogen (secondary N) is 1. The van der Waals surface area contributed by atoms with Crippen LogP contribution in [0.4, 0.5) is 0 Å². The van der Waals surface area contributed by atoms with Crippen LogP contribution in [-0.4, -0.2) is 63.0 Å². The molecule has 0 spiro atoms. The molecule has 1 fully saturated rings. The van der Waals surface area contributed by atoms with Gasteiger partial charge < -0.3 is 10.1 Å². The van der Waals surface area contributed by atoms with Crippen LogP contribution in [0.5, 0.6) is 0 Å². The van der Waals surface area contributed by atoms with Crippen molar-refractivity contribution in [3.05, 3.63) is 5.82 Å². The fourth-order valence-corrected chi connectivity index (χ4v) is 4.60. The zero-order valence-corrected chi connectivity index (χ0v) is 13.0. The molecule has 0 aromatic carbocycles. The highest BCUT2D eigenvalue weighted by atomic mass is 32.2. The second-order valence-electron chi connectivity index (χ2n) is 4.46. The number of rotatable bonds is 7. The molecule has 1 aromatic heterocycles. The van der Waals surface area contributed by atoms with Crippen LogP contribution in [0.3, 0.4) is 0 Å². The molecule has 2 rings (SSSR count). The van der Waals surface area contributed by atoms with E-state index in [1.807, 2.05) is 28.2 Å². The molecule has 0 radical (unpaired) electrons. The lowest BCUT2D eigenvalue weighted by atomic mass is 10.3. The minimum absolute atomic E-state index is 0.145. The normalized spacial score (nSPS) is 21.5. The average Bonchev–Trinajstić information content (AvgIpc) is 2.88. The van der Waals surface area contributed by atoms with Crippen molar-refractivity contribution >= 4 is 23.5 Å². The number of thioether (sulfide) groups is 2. The predicted octanol–water partition coefficient (Wildman–Crippen LogP) is 0.819. The van der Waals surface area contributed by atoms with Gasteiger partial charge in [0.15, 0.2) is 5.82 Å². The van der Waals surface area contributed by atoms with Gasteiger partial charge in [0.05, 0.1) is 19.2 Å². The second kappa shape index (κ2) is 8.08. The molecular formula is C11H21N5OS2. The van der Waals surface area contributed by atoms with Gasteiger partial charge in [0.1, 0.15) is 0 Å². The van der Waals surface area contributed by atoms with Crippen LogP contribution in [0.2, 0.25) is 0 Å². The molecule has 8 heteroatoms. The number of methoxy groups -OCH3 is 1. The number of nitrogens with zero attached hydrogens (tertiary/aromatic N) is 4. The lowest BCUT2D eigenvalue weighted by Crippen LogP contribution is -2.28. The maximum atomic E-state index is 5.03. The van der Waals surface area contributed by atoms with Crippen LogP contribution < -0.4 is 5.32 Å². The minimum atomic E-state index is 0.145. The second-order valence-corrected chi connectivity index (χ2v) is 7.01. The summed E-state index contributed by atoms with van der Waals surface area (Å²) in [6, 6.07) is 0.145. The van der Waals surface area contributed by atoms with Gasteiger partial charge in [-0.3, -0.25) is 0 Å². The molecule has 1 aromatic rings. The van der Waals surface area contributed by atoms with Crippen molar-refractivity contribution < 1.29 is 4.74 Å². The summed E-state index contributed by atoms with van der Waals surface area (Å²) >= 11 is 4.05. The Balaban J connectivity index is 1.88. The Bertz CT molecular complexity index is 370. The summed E-state index contributed by atoms with van der Waals surface area (Å²) in [5.74, 6) is 4.59. The van der Waals surface area contributed by atoms with Crippen molar-refractivity contribution in [3.63, 3.8) is 0 Å². The van der Waals surface area contributed by atoms with E-state index in [-0.39, 0.29) is 6.04 Å². The van der Waals surface area contributed by atoms with Crippen molar-refractivity contribution in [1.29, 1.82) is 0 Å². The highest BCUT2D eigenvalue weighted by Crippen LogP contribution is 2.25. The summed E-state index contributed by atoms with van der Waals surface area (Å²) in [7, 11) is 1.70. The van der Waals surface area contributed by atoms with Crippen LogP contribution in [-0.2, 0) is 11.3 Å². The maximum absolute atomic E-state index is 5.03. The molecule has 19 heavy (non-hydrogen) atoms. The largest absolute Gasteiger partial charge is 0.383 e. The fourth-order valence-electron chi connectivity index (χ4n) is 1.96. The molecule has 1 saturated heterocycles. The first kappa shape index (κ1) is 15.1. The molecule has 0 amide bonds. The molecule has 0 bridgehead atoms. The van der Waals surface area contributed by atoms with Crippen LogP contribution in [0.1, 0.15) is 18.8 Å². The third-order valence-electron chi connectivity index (χ3n) is 2.97. The number of aromatic nitrogens is 4. The Hall–Kier alpha value is -0.310. The molecule has 6 nitrogen and oxygen atoms in total. The molecule has 2 unspecified atom stereocenters. The summed E-state index contributed by atoms with van der Waals surface area (Å²) in [6.45, 7) is 4.48. The number of hydrogen-bond donors (Lipinski definition) is 1. The topological polar surface area (TPSA) is 64.9 Å². The summed E-state index contributed by atoms with van der Waals surface area (Å²) < 4.78 is 6.97. The Labute approximate surface area is 122 Å². The summed E-state index contributed by atoms with van der Waals surface area (Å²) in [5, 5.41) is 16.1. The lowest BCUT2D eigenvalue weighted by Gasteiger charge is -2.21. The standard InChI is InChI=1S/C11H21N5OS2/c1-9(12-3-4-17-2)11-13-14-15-16(11)7-10-8-18-5-6-19-10/h9-10,12H,3-8H2,1-2H3. The van der Waals surface area contributed by atoms with Gasteiger partial charge in [-0.2, -0.15) is 23.5 Å². The van der Waals surface area contributed by atoms with Gasteiger partial charge in [-0.15, -0.1) is 5.10 Å². The monoisotopic (exact) mass is 303 g/mol. The first-order valence-corrected chi connectivity index (χ1v) is 8.69. The van der Waals surface area contributed by atoms with Crippen molar-refractivity contribution in [2.24, 2.45) is 0 Å². The average molecular weight is 303 g/mol. The van der Waals surface area contributed by atoms with Crippen LogP contribution in [0.25, 0.3) is 0 Å². The SMILES string of the molecule is COCCNC(C)c1nnnn1CC1CSCCS1. The number of hydrogen-bond acceptors (Lipinski definition) is 7. The van der Waals surface area contributed by atoms with E-state index >= 15 is 0 Å². The molecule has 108 valence electrons. The van der Waals surface area contributed by atoms with Crippen molar-refractivity contribution in [2.75, 3.05) is 37.5 Å². The molecule has 0 saturated carbocycles. The molecule has 1 aliphatic rings. The first-order chi connectivity index (χ1) is 9.31. The Kier molecular flexibility index (Phi) is 6.42. The van der Waals surface area contributed by atoms with Crippen LogP contribution in [0, 0.1) is 0 Å². The summed E-state index contributed by atoms with van der Waals surface area (Å²) in [6.07, 6.45) is 0. The number of tetrazole rings is 1. The first-order valence-electron chi connectivity index (χ1n) is 6.49. The molecular weight excluding hydrogens is 282 g/mol. The van der Waals surface area contributed by atoms with Gasteiger partial charge in [0, 0.05) is 36.2 Å². The van der Waals surface area contributed by atoms with Crippen molar-refractivity contribution in [3.8, 4) is 0 Å². The zero-order chi connectivity index (χ0) is 13.5. The van der Waals surface area contributed by atoms with E-state index in [1.165, 1.54) is 17.3 Å². The van der Waals surface area contributed by atoms with Gasteiger partial charge in [0.25, 0.3) is 0 Å². The van der Waals surface area contributed by atoms with Gasteiger partial charge in [-0.05, 0) is 17.4 Å². The smallest absolute Gasteiger partial charge is 0.167 e. The van der Waals surface area contributed by atoms with Crippen LogP contribution in [0.15, 0.2) is 0 Å². The van der Waals surface area contributed by atoms with E-state index < -0.39 is 0 Å². The summed E-state index contributed by atoms with van der Waals surface area (Å²) in [4.78, 5) is 0. The van der Waals surface area contributed by atoms with Gasteiger partial charge in [-0.1, -0.05) is 0 Å². The van der Waals surface area contributed by atoms with Crippen molar-refractivity contribution in [2.45, 2.75) is 24.8 Å². The van der Waals surface area contributed by atoms with E-state index in [9.17, 15) is 0 Å². The highest BCUT2D eigenvalue weighted by molar-refractivity contribution is 8.06. The molecule has 2 atom stereocenters. The van der Waals surface area contributed by atoms with Gasteiger partial charge in [-0.25, -0.2) is 4.68 Å². The lowest BCUT2D eigenvalue weighted by molar-refractivity contribution is 0.195. The Morgan fingerprint density at radius 2 is 2.42 bits per heavy atom. The van der Waals surface area contributed by atoms with E-state index in [4.69, 9.17) is 4.74 Å². The van der Waals surface area contributed by atoms with Gasteiger partial charge in [0.2, 0.25) is 0 Å². The highest BCUT2D eigenvalue weighted by Gasteiger charge is 2.20. The predicted molar refractivity (Wildman–Crippen MR) is 79.7 cm³/mol. The van der Waals surface area contributed by atoms with E-state index in [2.05, 4.69) is 27.8 Å². The zero-order valence-electron chi connectivity index (χ0n) is 11.4. The van der Waals surface area contributed by atoms with Crippen molar-refractivity contribution in [1.82, 2.24) is 25.5 Å². The molecule has 1 aliphatic heterocycles. The van der Waals surface area contributed by atoms with Gasteiger partial charge >= 0.3 is 0 Å². The summed E-state index contributed by atoms with van der Waals surface area (Å²) in [5.41, 5.74) is 0. The van der Waals surface area contributed by atoms with E-state index in [0.29, 0.717) is 11.9 Å². The third-order valence-corrected chi connectivity index (χ3v) is 5.79. The Morgan fingerprint density at radius 1 is 1.53 bits per heavy atom. The van der Waals surface area contributed by atoms with E-state index in [1.54, 1.807) is 7.11 Å². The van der Waals surface area contributed by atoms with E-state index in [0.717, 1.165) is 18.9 Å². The Morgan fingerprint density at radius 3 is 3.16 bits per heavy atom. The fraction of sp³-hybridized carbons (Fsp3) is 0.909. The minimum Gasteiger partial charge on any atom is -0.383 e. The number of ether oxygens (including phenoxy) is 1. The maximum Gasteiger partial charge on any atom is 0.167 e. The quantitative estimate of drug-likeness (QED) is 0.748. The molecule has 1 N–H and O–H groups in total. The molecule has 2 heterocycles.